The molecule has 1 saturated carbocycles. The van der Waals surface area contributed by atoms with Crippen LogP contribution >= 0.6 is 0 Å². The predicted molar refractivity (Wildman–Crippen MR) is 131 cm³/mol. The Kier molecular flexibility index (Phi) is 7.30. The Balaban J connectivity index is 1.94. The number of nitrogen functional groups attached to an aromatic ring is 1. The van der Waals surface area contributed by atoms with Crippen molar-refractivity contribution in [3.63, 3.8) is 0 Å². The fourth-order valence-electron chi connectivity index (χ4n) is 4.46. The molecule has 0 aliphatic heterocycles. The van der Waals surface area contributed by atoms with Gasteiger partial charge in [0.05, 0.1) is 16.9 Å². The number of carbonyl (C=O) groups is 1. The standard InChI is InChI=1S/C27H38N2O2/c1-19(2)18-29(21-11-7-6-8-12-21)25-16-15-20(17-24(25)28)22-13-9-10-14-23(22)26(30)31-27(3,4)5/h9-10,13-17,19,21H,6-8,11-12,18,28H2,1-5H3. The average Bonchev–Trinajstić information content (AvgIpc) is 2.71. The molecule has 0 saturated heterocycles. The van der Waals surface area contributed by atoms with Crippen molar-refractivity contribution in [2.45, 2.75) is 78.4 Å². The molecule has 0 aromatic heterocycles. The number of rotatable bonds is 6. The van der Waals surface area contributed by atoms with Crippen molar-refractivity contribution in [3.05, 3.63) is 48.0 Å². The third-order valence-corrected chi connectivity index (χ3v) is 5.77. The van der Waals surface area contributed by atoms with E-state index in [4.69, 9.17) is 10.5 Å². The number of nitrogens with zero attached hydrogens (tertiary/aromatic N) is 1. The lowest BCUT2D eigenvalue weighted by molar-refractivity contribution is 0.00704. The van der Waals surface area contributed by atoms with Crippen LogP contribution in [-0.4, -0.2) is 24.2 Å². The van der Waals surface area contributed by atoms with Gasteiger partial charge in [-0.05, 0) is 68.9 Å². The molecule has 1 aliphatic rings. The summed E-state index contributed by atoms with van der Waals surface area (Å²) in [5.74, 6) is 0.253. The van der Waals surface area contributed by atoms with E-state index in [1.54, 1.807) is 0 Å². The summed E-state index contributed by atoms with van der Waals surface area (Å²) in [5, 5.41) is 0. The first-order chi connectivity index (χ1) is 14.7. The first kappa shape index (κ1) is 23.2. The molecular formula is C27H38N2O2. The predicted octanol–water partition coefficient (Wildman–Crippen LogP) is 6.69. The molecular weight excluding hydrogens is 384 g/mol. The number of esters is 1. The van der Waals surface area contributed by atoms with Crippen LogP contribution in [-0.2, 0) is 4.74 Å². The molecule has 1 aliphatic carbocycles. The highest BCUT2D eigenvalue weighted by molar-refractivity contribution is 5.98. The van der Waals surface area contributed by atoms with Crippen LogP contribution in [0.5, 0.6) is 0 Å². The SMILES string of the molecule is CC(C)CN(c1ccc(-c2ccccc2C(=O)OC(C)(C)C)cc1N)C1CCCCC1. The number of anilines is 2. The molecule has 0 amide bonds. The van der Waals surface area contributed by atoms with Crippen molar-refractivity contribution in [1.82, 2.24) is 0 Å². The average molecular weight is 423 g/mol. The van der Waals surface area contributed by atoms with Crippen molar-refractivity contribution < 1.29 is 9.53 Å². The fourth-order valence-corrected chi connectivity index (χ4v) is 4.46. The molecule has 1 fully saturated rings. The Morgan fingerprint density at radius 3 is 2.39 bits per heavy atom. The molecule has 31 heavy (non-hydrogen) atoms. The highest BCUT2D eigenvalue weighted by atomic mass is 16.6. The number of hydrogen-bond donors (Lipinski definition) is 1. The van der Waals surface area contributed by atoms with Crippen molar-refractivity contribution in [2.24, 2.45) is 5.92 Å². The summed E-state index contributed by atoms with van der Waals surface area (Å²) in [4.78, 5) is 15.3. The normalized spacial score (nSPS) is 15.2. The van der Waals surface area contributed by atoms with Gasteiger partial charge >= 0.3 is 5.97 Å². The lowest BCUT2D eigenvalue weighted by Gasteiger charge is -2.38. The minimum absolute atomic E-state index is 0.311. The van der Waals surface area contributed by atoms with Crippen molar-refractivity contribution in [1.29, 1.82) is 0 Å². The maximum absolute atomic E-state index is 12.8. The Hall–Kier alpha value is -2.49. The van der Waals surface area contributed by atoms with E-state index in [-0.39, 0.29) is 5.97 Å². The van der Waals surface area contributed by atoms with Crippen LogP contribution in [0.15, 0.2) is 42.5 Å². The molecule has 0 atom stereocenters. The first-order valence-electron chi connectivity index (χ1n) is 11.6. The summed E-state index contributed by atoms with van der Waals surface area (Å²) in [6.07, 6.45) is 6.38. The van der Waals surface area contributed by atoms with Crippen molar-refractivity contribution in [2.75, 3.05) is 17.2 Å². The van der Waals surface area contributed by atoms with Gasteiger partial charge in [0, 0.05) is 12.6 Å². The zero-order chi connectivity index (χ0) is 22.6. The van der Waals surface area contributed by atoms with Crippen LogP contribution in [0.1, 0.15) is 77.1 Å². The van der Waals surface area contributed by atoms with Gasteiger partial charge in [-0.1, -0.05) is 57.4 Å². The quantitative estimate of drug-likeness (QED) is 0.416. The zero-order valence-corrected chi connectivity index (χ0v) is 19.8. The summed E-state index contributed by atoms with van der Waals surface area (Å²) in [7, 11) is 0. The van der Waals surface area contributed by atoms with Crippen LogP contribution in [0.25, 0.3) is 11.1 Å². The second-order valence-electron chi connectivity index (χ2n) is 10.2. The number of ether oxygens (including phenoxy) is 1. The summed E-state index contributed by atoms with van der Waals surface area (Å²) in [6.45, 7) is 11.2. The van der Waals surface area contributed by atoms with Gasteiger partial charge in [-0.3, -0.25) is 0 Å². The summed E-state index contributed by atoms with van der Waals surface area (Å²) in [6, 6.07) is 14.4. The zero-order valence-electron chi connectivity index (χ0n) is 19.8. The number of nitrogens with two attached hydrogens (primary N) is 1. The fraction of sp³-hybridized carbons (Fsp3) is 0.519. The number of carbonyl (C=O) groups excluding carboxylic acids is 1. The lowest BCUT2D eigenvalue weighted by atomic mass is 9.92. The molecule has 2 aromatic rings. The van der Waals surface area contributed by atoms with Crippen LogP contribution in [0, 0.1) is 5.92 Å². The Morgan fingerprint density at radius 2 is 1.77 bits per heavy atom. The van der Waals surface area contributed by atoms with Crippen LogP contribution in [0.3, 0.4) is 0 Å². The van der Waals surface area contributed by atoms with E-state index in [1.807, 2.05) is 51.1 Å². The second-order valence-corrected chi connectivity index (χ2v) is 10.2. The summed E-state index contributed by atoms with van der Waals surface area (Å²) in [5.41, 5.74) is 10.3. The second kappa shape index (κ2) is 9.76. The molecule has 0 bridgehead atoms. The monoisotopic (exact) mass is 422 g/mol. The number of benzene rings is 2. The van der Waals surface area contributed by atoms with Gasteiger partial charge in [0.1, 0.15) is 5.60 Å². The molecule has 4 heteroatoms. The summed E-state index contributed by atoms with van der Waals surface area (Å²) < 4.78 is 5.62. The van der Waals surface area contributed by atoms with Gasteiger partial charge < -0.3 is 15.4 Å². The van der Waals surface area contributed by atoms with Gasteiger partial charge in [-0.15, -0.1) is 0 Å². The van der Waals surface area contributed by atoms with Gasteiger partial charge in [-0.2, -0.15) is 0 Å². The Bertz CT molecular complexity index is 892. The van der Waals surface area contributed by atoms with Crippen molar-refractivity contribution >= 4 is 17.3 Å². The highest BCUT2D eigenvalue weighted by Crippen LogP contribution is 2.35. The molecule has 0 spiro atoms. The molecule has 168 valence electrons. The Labute approximate surface area is 187 Å². The van der Waals surface area contributed by atoms with Crippen LogP contribution in [0.4, 0.5) is 11.4 Å². The highest BCUT2D eigenvalue weighted by Gasteiger charge is 2.25. The Morgan fingerprint density at radius 1 is 1.10 bits per heavy atom. The smallest absolute Gasteiger partial charge is 0.339 e. The van der Waals surface area contributed by atoms with Gasteiger partial charge in [0.2, 0.25) is 0 Å². The molecule has 2 N–H and O–H groups in total. The maximum atomic E-state index is 12.8. The first-order valence-corrected chi connectivity index (χ1v) is 11.6. The molecule has 0 heterocycles. The number of hydrogen-bond acceptors (Lipinski definition) is 4. The molecule has 3 rings (SSSR count). The minimum atomic E-state index is -0.537. The molecule has 4 nitrogen and oxygen atoms in total. The van der Waals surface area contributed by atoms with Gasteiger partial charge in [0.25, 0.3) is 0 Å². The van der Waals surface area contributed by atoms with Crippen LogP contribution in [0.2, 0.25) is 0 Å². The van der Waals surface area contributed by atoms with Gasteiger partial charge in [-0.25, -0.2) is 4.79 Å². The molecule has 2 aromatic carbocycles. The third kappa shape index (κ3) is 6.03. The van der Waals surface area contributed by atoms with Crippen LogP contribution < -0.4 is 10.6 Å². The molecule has 0 unspecified atom stereocenters. The topological polar surface area (TPSA) is 55.6 Å². The van der Waals surface area contributed by atoms with E-state index in [2.05, 4.69) is 30.9 Å². The van der Waals surface area contributed by atoms with Crippen molar-refractivity contribution in [3.8, 4) is 11.1 Å². The lowest BCUT2D eigenvalue weighted by Crippen LogP contribution is -2.39. The molecule has 0 radical (unpaired) electrons. The van der Waals surface area contributed by atoms with E-state index < -0.39 is 5.60 Å². The summed E-state index contributed by atoms with van der Waals surface area (Å²) >= 11 is 0. The maximum Gasteiger partial charge on any atom is 0.339 e. The minimum Gasteiger partial charge on any atom is -0.456 e. The van der Waals surface area contributed by atoms with E-state index in [0.717, 1.165) is 29.0 Å². The van der Waals surface area contributed by atoms with E-state index in [0.29, 0.717) is 17.5 Å². The van der Waals surface area contributed by atoms with Gasteiger partial charge in [0.15, 0.2) is 0 Å². The largest absolute Gasteiger partial charge is 0.456 e. The van der Waals surface area contributed by atoms with E-state index in [9.17, 15) is 4.79 Å². The van der Waals surface area contributed by atoms with E-state index in [1.165, 1.54) is 32.1 Å². The third-order valence-electron chi connectivity index (χ3n) is 5.77. The van der Waals surface area contributed by atoms with E-state index >= 15 is 0 Å².